The Morgan fingerprint density at radius 3 is 2.53 bits per heavy atom. The molecule has 0 bridgehead atoms. The van der Waals surface area contributed by atoms with Crippen LogP contribution in [0.5, 0.6) is 11.5 Å². The van der Waals surface area contributed by atoms with Crippen molar-refractivity contribution < 1.29 is 9.84 Å². The summed E-state index contributed by atoms with van der Waals surface area (Å²) in [5.41, 5.74) is 1.63. The minimum atomic E-state index is -0.141. The second-order valence-corrected chi connectivity index (χ2v) is 5.15. The fraction of sp³-hybridized carbons (Fsp3) is 0.357. The molecular weight excluding hydrogens is 214 g/mol. The van der Waals surface area contributed by atoms with Crippen molar-refractivity contribution in [3.8, 4) is 11.5 Å². The first kappa shape index (κ1) is 11.7. The summed E-state index contributed by atoms with van der Waals surface area (Å²) in [4.78, 5) is 4.22. The first-order chi connectivity index (χ1) is 7.93. The molecule has 2 aromatic rings. The van der Waals surface area contributed by atoms with Gasteiger partial charge in [0.15, 0.2) is 0 Å². The molecule has 17 heavy (non-hydrogen) atoms. The topological polar surface area (TPSA) is 42.4 Å². The maximum absolute atomic E-state index is 10.0. The van der Waals surface area contributed by atoms with Gasteiger partial charge in [-0.05, 0) is 23.6 Å². The van der Waals surface area contributed by atoms with Gasteiger partial charge in [-0.25, -0.2) is 0 Å². The number of ether oxygens (including phenoxy) is 1. The van der Waals surface area contributed by atoms with Gasteiger partial charge in [0, 0.05) is 10.9 Å². The minimum Gasteiger partial charge on any atom is -0.506 e. The SMILES string of the molecule is COc1ccc2ncc(O)c(C(C)(C)C)c2c1. The summed E-state index contributed by atoms with van der Waals surface area (Å²) in [5.74, 6) is 1.01. The lowest BCUT2D eigenvalue weighted by atomic mass is 9.84. The van der Waals surface area contributed by atoms with Crippen LogP contribution in [0.4, 0.5) is 0 Å². The van der Waals surface area contributed by atoms with E-state index in [0.717, 1.165) is 22.2 Å². The lowest BCUT2D eigenvalue weighted by Crippen LogP contribution is -2.12. The molecule has 3 heteroatoms. The standard InChI is InChI=1S/C14H17NO2/c1-14(2,3)13-10-7-9(17-4)5-6-11(10)15-8-12(13)16/h5-8,16H,1-4H3. The molecule has 0 radical (unpaired) electrons. The van der Waals surface area contributed by atoms with E-state index in [-0.39, 0.29) is 11.2 Å². The Labute approximate surface area is 101 Å². The number of methoxy groups -OCH3 is 1. The predicted molar refractivity (Wildman–Crippen MR) is 68.7 cm³/mol. The smallest absolute Gasteiger partial charge is 0.138 e. The third kappa shape index (κ3) is 2.05. The third-order valence-electron chi connectivity index (χ3n) is 2.81. The highest BCUT2D eigenvalue weighted by atomic mass is 16.5. The van der Waals surface area contributed by atoms with E-state index < -0.39 is 0 Å². The Morgan fingerprint density at radius 1 is 1.24 bits per heavy atom. The average Bonchev–Trinajstić information content (AvgIpc) is 2.26. The zero-order chi connectivity index (χ0) is 12.6. The number of benzene rings is 1. The quantitative estimate of drug-likeness (QED) is 0.819. The molecule has 90 valence electrons. The van der Waals surface area contributed by atoms with Gasteiger partial charge in [0.05, 0.1) is 18.8 Å². The van der Waals surface area contributed by atoms with Crippen LogP contribution in [0.25, 0.3) is 10.9 Å². The predicted octanol–water partition coefficient (Wildman–Crippen LogP) is 3.25. The van der Waals surface area contributed by atoms with E-state index in [2.05, 4.69) is 25.8 Å². The van der Waals surface area contributed by atoms with Crippen LogP contribution < -0.4 is 4.74 Å². The van der Waals surface area contributed by atoms with Crippen molar-refractivity contribution in [3.63, 3.8) is 0 Å². The van der Waals surface area contributed by atoms with Crippen molar-refractivity contribution in [2.45, 2.75) is 26.2 Å². The zero-order valence-electron chi connectivity index (χ0n) is 10.6. The first-order valence-corrected chi connectivity index (χ1v) is 5.59. The third-order valence-corrected chi connectivity index (χ3v) is 2.81. The lowest BCUT2D eigenvalue weighted by molar-refractivity contribution is 0.415. The fourth-order valence-electron chi connectivity index (χ4n) is 2.08. The van der Waals surface area contributed by atoms with Crippen molar-refractivity contribution in [2.24, 2.45) is 0 Å². The Balaban J connectivity index is 2.83. The van der Waals surface area contributed by atoms with E-state index in [4.69, 9.17) is 4.74 Å². The van der Waals surface area contributed by atoms with Crippen LogP contribution in [-0.2, 0) is 5.41 Å². The summed E-state index contributed by atoms with van der Waals surface area (Å²) < 4.78 is 5.22. The molecule has 0 saturated carbocycles. The van der Waals surface area contributed by atoms with Crippen molar-refractivity contribution in [2.75, 3.05) is 7.11 Å². The first-order valence-electron chi connectivity index (χ1n) is 5.59. The molecule has 0 spiro atoms. The van der Waals surface area contributed by atoms with Gasteiger partial charge in [-0.1, -0.05) is 20.8 Å². The molecular formula is C14H17NO2. The Kier molecular flexibility index (Phi) is 2.69. The number of hydrogen-bond acceptors (Lipinski definition) is 3. The van der Waals surface area contributed by atoms with E-state index in [0.29, 0.717) is 0 Å². The Bertz CT molecular complexity index is 556. The molecule has 0 unspecified atom stereocenters. The Morgan fingerprint density at radius 2 is 1.94 bits per heavy atom. The highest BCUT2D eigenvalue weighted by Crippen LogP contribution is 2.36. The van der Waals surface area contributed by atoms with Crippen LogP contribution in [0.2, 0.25) is 0 Å². The van der Waals surface area contributed by atoms with E-state index in [1.54, 1.807) is 7.11 Å². The maximum atomic E-state index is 10.0. The summed E-state index contributed by atoms with van der Waals surface area (Å²) in [7, 11) is 1.63. The van der Waals surface area contributed by atoms with E-state index in [1.165, 1.54) is 6.20 Å². The highest BCUT2D eigenvalue weighted by molar-refractivity contribution is 5.86. The molecule has 0 aliphatic heterocycles. The van der Waals surface area contributed by atoms with Gasteiger partial charge in [0.25, 0.3) is 0 Å². The van der Waals surface area contributed by atoms with Gasteiger partial charge >= 0.3 is 0 Å². The molecule has 0 amide bonds. The molecule has 0 fully saturated rings. The normalized spacial score (nSPS) is 11.8. The summed E-state index contributed by atoms with van der Waals surface area (Å²) in [5, 5.41) is 10.9. The van der Waals surface area contributed by atoms with Gasteiger partial charge < -0.3 is 9.84 Å². The molecule has 0 atom stereocenters. The van der Waals surface area contributed by atoms with Gasteiger partial charge in [0.2, 0.25) is 0 Å². The maximum Gasteiger partial charge on any atom is 0.138 e. The summed E-state index contributed by atoms with van der Waals surface area (Å²) in [6.45, 7) is 6.21. The van der Waals surface area contributed by atoms with Gasteiger partial charge in [-0.2, -0.15) is 0 Å². The Hall–Kier alpha value is -1.77. The van der Waals surface area contributed by atoms with E-state index >= 15 is 0 Å². The second kappa shape index (κ2) is 3.91. The van der Waals surface area contributed by atoms with Gasteiger partial charge in [-0.3, -0.25) is 4.98 Å². The molecule has 1 N–H and O–H groups in total. The van der Waals surface area contributed by atoms with Crippen LogP contribution in [-0.4, -0.2) is 17.2 Å². The lowest BCUT2D eigenvalue weighted by Gasteiger charge is -2.22. The van der Waals surface area contributed by atoms with Crippen LogP contribution >= 0.6 is 0 Å². The number of rotatable bonds is 1. The summed E-state index contributed by atoms with van der Waals surface area (Å²) >= 11 is 0. The number of fused-ring (bicyclic) bond motifs is 1. The molecule has 3 nitrogen and oxygen atoms in total. The second-order valence-electron chi connectivity index (χ2n) is 5.15. The van der Waals surface area contributed by atoms with Crippen molar-refractivity contribution in [3.05, 3.63) is 30.0 Å². The molecule has 1 aromatic heterocycles. The van der Waals surface area contributed by atoms with Crippen LogP contribution in [0.3, 0.4) is 0 Å². The van der Waals surface area contributed by atoms with Crippen molar-refractivity contribution >= 4 is 10.9 Å². The fourth-order valence-corrected chi connectivity index (χ4v) is 2.08. The number of aromatic hydroxyl groups is 1. The summed E-state index contributed by atoms with van der Waals surface area (Å²) in [6, 6.07) is 5.70. The molecule has 1 aromatic carbocycles. The monoisotopic (exact) mass is 231 g/mol. The number of hydrogen-bond donors (Lipinski definition) is 1. The number of nitrogens with zero attached hydrogens (tertiary/aromatic N) is 1. The van der Waals surface area contributed by atoms with Crippen LogP contribution in [0, 0.1) is 0 Å². The highest BCUT2D eigenvalue weighted by Gasteiger charge is 2.21. The van der Waals surface area contributed by atoms with Crippen LogP contribution in [0.15, 0.2) is 24.4 Å². The van der Waals surface area contributed by atoms with Crippen molar-refractivity contribution in [1.29, 1.82) is 0 Å². The van der Waals surface area contributed by atoms with Gasteiger partial charge in [0.1, 0.15) is 11.5 Å². The number of aromatic nitrogens is 1. The summed E-state index contributed by atoms with van der Waals surface area (Å²) in [6.07, 6.45) is 1.51. The van der Waals surface area contributed by atoms with Gasteiger partial charge in [-0.15, -0.1) is 0 Å². The minimum absolute atomic E-state index is 0.141. The molecule has 1 heterocycles. The molecule has 0 saturated heterocycles. The van der Waals surface area contributed by atoms with E-state index in [9.17, 15) is 5.11 Å². The van der Waals surface area contributed by atoms with Crippen molar-refractivity contribution in [1.82, 2.24) is 4.98 Å². The largest absolute Gasteiger partial charge is 0.506 e. The molecule has 0 aliphatic carbocycles. The van der Waals surface area contributed by atoms with Crippen LogP contribution in [0.1, 0.15) is 26.3 Å². The average molecular weight is 231 g/mol. The zero-order valence-corrected chi connectivity index (χ0v) is 10.6. The van der Waals surface area contributed by atoms with E-state index in [1.807, 2.05) is 18.2 Å². The molecule has 2 rings (SSSR count). The molecule has 0 aliphatic rings. The number of pyridine rings is 1.